The molecule has 2 amide bonds. The molecule has 47 heavy (non-hydrogen) atoms. The number of hydrogen-bond acceptors (Lipinski definition) is 8. The number of aliphatic hydroxyl groups excluding tert-OH is 1. The quantitative estimate of drug-likeness (QED) is 0.248. The molecule has 4 aromatic rings. The van der Waals surface area contributed by atoms with Crippen LogP contribution < -0.4 is 9.80 Å². The van der Waals surface area contributed by atoms with E-state index in [9.17, 15) is 19.5 Å². The third-order valence-corrected chi connectivity index (χ3v) is 12.3. The van der Waals surface area contributed by atoms with Crippen molar-refractivity contribution in [2.24, 2.45) is 5.92 Å². The maximum absolute atomic E-state index is 14.8. The van der Waals surface area contributed by atoms with Crippen LogP contribution in [-0.2, 0) is 33.0 Å². The summed E-state index contributed by atoms with van der Waals surface area (Å²) in [6, 6.07) is 24.7. The highest BCUT2D eigenvalue weighted by molar-refractivity contribution is 6.71. The molecule has 2 fully saturated rings. The van der Waals surface area contributed by atoms with Crippen LogP contribution in [-0.4, -0.2) is 64.5 Å². The fourth-order valence-electron chi connectivity index (χ4n) is 7.67. The van der Waals surface area contributed by atoms with E-state index < -0.39 is 32.2 Å². The molecule has 0 aliphatic carbocycles. The number of anilines is 2. The topological polar surface area (TPSA) is 130 Å². The third kappa shape index (κ3) is 5.44. The maximum atomic E-state index is 14.8. The normalized spacial score (nSPS) is 24.7. The Kier molecular flexibility index (Phi) is 7.99. The van der Waals surface area contributed by atoms with Gasteiger partial charge in [0, 0.05) is 29.3 Å². The molecule has 2 saturated heterocycles. The van der Waals surface area contributed by atoms with Crippen molar-refractivity contribution >= 4 is 31.7 Å². The molecule has 244 valence electrons. The SMILES string of the molecule is C[C@@H]1[C@@H]([Si](C)(C)O)[C@H](CCn2cc([C@H](O)c3ccccc3)nn2)O[C@@]12C(=O)N(Cc1ccccc1)c1ccc(N3CCOC3=O)cc12. The van der Waals surface area contributed by atoms with Gasteiger partial charge in [-0.05, 0) is 48.8 Å². The molecule has 3 aliphatic heterocycles. The van der Waals surface area contributed by atoms with Gasteiger partial charge in [0.1, 0.15) is 18.4 Å². The zero-order valence-electron chi connectivity index (χ0n) is 26.7. The fraction of sp³-hybridized carbons (Fsp3) is 0.371. The number of carbonyl (C=O) groups excluding carboxylic acids is 2. The minimum Gasteiger partial charge on any atom is -0.447 e. The summed E-state index contributed by atoms with van der Waals surface area (Å²) < 4.78 is 13.9. The summed E-state index contributed by atoms with van der Waals surface area (Å²) in [6.45, 7) is 7.28. The van der Waals surface area contributed by atoms with Crippen LogP contribution in [0.1, 0.15) is 41.8 Å². The molecule has 0 bridgehead atoms. The summed E-state index contributed by atoms with van der Waals surface area (Å²) in [5, 5.41) is 19.3. The number of aryl methyl sites for hydroxylation is 1. The van der Waals surface area contributed by atoms with Crippen LogP contribution in [0.2, 0.25) is 18.6 Å². The minimum atomic E-state index is -2.90. The number of benzene rings is 3. The number of rotatable bonds is 9. The lowest BCUT2D eigenvalue weighted by Gasteiger charge is -2.32. The molecular weight excluding hydrogens is 615 g/mol. The van der Waals surface area contributed by atoms with Crippen LogP contribution in [0.15, 0.2) is 85.1 Å². The van der Waals surface area contributed by atoms with E-state index in [1.54, 1.807) is 20.7 Å². The third-order valence-electron chi connectivity index (χ3n) is 9.82. The highest BCUT2D eigenvalue weighted by Crippen LogP contribution is 2.60. The van der Waals surface area contributed by atoms with E-state index >= 15 is 0 Å². The Balaban J connectivity index is 1.22. The molecule has 0 saturated carbocycles. The van der Waals surface area contributed by atoms with E-state index in [1.165, 1.54) is 0 Å². The Morgan fingerprint density at radius 3 is 2.45 bits per heavy atom. The summed E-state index contributed by atoms with van der Waals surface area (Å²) >= 11 is 0. The number of amides is 2. The van der Waals surface area contributed by atoms with Crippen molar-refractivity contribution in [3.05, 3.63) is 107 Å². The van der Waals surface area contributed by atoms with E-state index in [-0.39, 0.29) is 17.4 Å². The Hall–Kier alpha value is -4.36. The van der Waals surface area contributed by atoms with Crippen LogP contribution in [0.4, 0.5) is 16.2 Å². The van der Waals surface area contributed by atoms with Crippen LogP contribution in [0.25, 0.3) is 0 Å². The number of ether oxygens (including phenoxy) is 2. The zero-order chi connectivity index (χ0) is 32.9. The van der Waals surface area contributed by atoms with Gasteiger partial charge in [0.25, 0.3) is 5.91 Å². The highest BCUT2D eigenvalue weighted by atomic mass is 28.4. The second-order valence-corrected chi connectivity index (χ2v) is 17.2. The van der Waals surface area contributed by atoms with Gasteiger partial charge in [0.2, 0.25) is 0 Å². The van der Waals surface area contributed by atoms with Crippen molar-refractivity contribution in [1.82, 2.24) is 15.0 Å². The Morgan fingerprint density at radius 2 is 1.77 bits per heavy atom. The van der Waals surface area contributed by atoms with Crippen LogP contribution in [0.3, 0.4) is 0 Å². The second-order valence-electron chi connectivity index (χ2n) is 13.2. The number of hydrogen-bond donors (Lipinski definition) is 2. The fourth-order valence-corrected chi connectivity index (χ4v) is 10.3. The number of carbonyl (C=O) groups is 2. The smallest absolute Gasteiger partial charge is 0.414 e. The van der Waals surface area contributed by atoms with E-state index in [0.29, 0.717) is 49.6 Å². The molecule has 11 nitrogen and oxygen atoms in total. The molecule has 0 radical (unpaired) electrons. The lowest BCUT2D eigenvalue weighted by atomic mass is 9.82. The molecule has 1 spiro atoms. The van der Waals surface area contributed by atoms with Gasteiger partial charge >= 0.3 is 6.09 Å². The van der Waals surface area contributed by atoms with E-state index in [1.807, 2.05) is 98.9 Å². The minimum absolute atomic E-state index is 0.176. The number of aromatic nitrogens is 3. The van der Waals surface area contributed by atoms with Gasteiger partial charge in [-0.25, -0.2) is 4.79 Å². The molecule has 3 aromatic carbocycles. The number of cyclic esters (lactones) is 1. The lowest BCUT2D eigenvalue weighted by Crippen LogP contribution is -2.46. The van der Waals surface area contributed by atoms with Crippen molar-refractivity contribution in [2.75, 3.05) is 23.0 Å². The molecule has 12 heteroatoms. The van der Waals surface area contributed by atoms with Gasteiger partial charge in [0.15, 0.2) is 13.9 Å². The monoisotopic (exact) mass is 653 g/mol. The molecule has 0 unspecified atom stereocenters. The lowest BCUT2D eigenvalue weighted by molar-refractivity contribution is -0.146. The first-order valence-corrected chi connectivity index (χ1v) is 19.1. The Morgan fingerprint density at radius 1 is 1.04 bits per heavy atom. The first-order valence-electron chi connectivity index (χ1n) is 16.1. The van der Waals surface area contributed by atoms with Gasteiger partial charge in [-0.1, -0.05) is 72.8 Å². The predicted octanol–water partition coefficient (Wildman–Crippen LogP) is 4.75. The summed E-state index contributed by atoms with van der Waals surface area (Å²) in [6.07, 6.45) is 0.405. The Labute approximate surface area is 274 Å². The highest BCUT2D eigenvalue weighted by Gasteiger charge is 2.66. The van der Waals surface area contributed by atoms with Crippen molar-refractivity contribution < 1.29 is 29.0 Å². The van der Waals surface area contributed by atoms with Crippen molar-refractivity contribution in [3.63, 3.8) is 0 Å². The number of fused-ring (bicyclic) bond motifs is 2. The van der Waals surface area contributed by atoms with E-state index in [4.69, 9.17) is 9.47 Å². The van der Waals surface area contributed by atoms with Gasteiger partial charge in [-0.15, -0.1) is 5.10 Å². The van der Waals surface area contributed by atoms with Crippen molar-refractivity contribution in [2.45, 2.75) is 62.9 Å². The second kappa shape index (κ2) is 12.0. The van der Waals surface area contributed by atoms with Crippen LogP contribution >= 0.6 is 0 Å². The summed E-state index contributed by atoms with van der Waals surface area (Å²) in [5.74, 6) is -0.539. The summed E-state index contributed by atoms with van der Waals surface area (Å²) in [4.78, 5) is 42.4. The first kappa shape index (κ1) is 31.2. The maximum Gasteiger partial charge on any atom is 0.414 e. The van der Waals surface area contributed by atoms with Gasteiger partial charge < -0.3 is 24.3 Å². The number of aliphatic hydroxyl groups is 1. The van der Waals surface area contributed by atoms with Crippen LogP contribution in [0.5, 0.6) is 0 Å². The summed E-state index contributed by atoms with van der Waals surface area (Å²) in [5.41, 5.74) is 2.57. The Bertz CT molecular complexity index is 1780. The van der Waals surface area contributed by atoms with Gasteiger partial charge in [0.05, 0.1) is 31.1 Å². The largest absolute Gasteiger partial charge is 0.447 e. The van der Waals surface area contributed by atoms with Gasteiger partial charge in [-0.3, -0.25) is 14.4 Å². The van der Waals surface area contributed by atoms with E-state index in [0.717, 1.165) is 16.8 Å². The molecular formula is C35H39N5O6Si. The average Bonchev–Trinajstić information content (AvgIpc) is 3.83. The van der Waals surface area contributed by atoms with E-state index in [2.05, 4.69) is 10.3 Å². The summed E-state index contributed by atoms with van der Waals surface area (Å²) in [7, 11) is -2.90. The number of nitrogens with zero attached hydrogens (tertiary/aromatic N) is 5. The molecule has 5 atom stereocenters. The standard InChI is InChI=1S/C35H39N5O6Si/c1-23-32(47(2,3)44)30(16-17-38-22-28(36-37-38)31(41)25-12-8-5-9-13-25)46-35(23)27-20-26(39-18-19-45-34(39)43)14-15-29(27)40(33(35)42)21-24-10-6-4-7-11-24/h4-15,20,22-23,30-32,41,44H,16-19,21H2,1-3H3/t23-,30+,31-,32-,35+/m1/s1. The predicted molar refractivity (Wildman–Crippen MR) is 177 cm³/mol. The molecule has 3 aliphatic rings. The van der Waals surface area contributed by atoms with Crippen molar-refractivity contribution in [3.8, 4) is 0 Å². The average molecular weight is 654 g/mol. The zero-order valence-corrected chi connectivity index (χ0v) is 27.7. The van der Waals surface area contributed by atoms with Crippen LogP contribution in [0, 0.1) is 5.92 Å². The molecule has 1 aromatic heterocycles. The first-order chi connectivity index (χ1) is 22.6. The van der Waals surface area contributed by atoms with Crippen molar-refractivity contribution in [1.29, 1.82) is 0 Å². The molecule has 4 heterocycles. The molecule has 7 rings (SSSR count). The van der Waals surface area contributed by atoms with Gasteiger partial charge in [-0.2, -0.15) is 0 Å². The molecule has 2 N–H and O–H groups in total.